The smallest absolute Gasteiger partial charge is 0.312 e. The lowest BCUT2D eigenvalue weighted by Gasteiger charge is -2.25. The Kier molecular flexibility index (Phi) is 7.01. The van der Waals surface area contributed by atoms with E-state index in [1.165, 1.54) is 0 Å². The third kappa shape index (κ3) is 5.57. The third-order valence-corrected chi connectivity index (χ3v) is 5.58. The molecule has 3 amide bonds. The van der Waals surface area contributed by atoms with Gasteiger partial charge in [-0.1, -0.05) is 24.3 Å². The Bertz CT molecular complexity index is 747. The Morgan fingerprint density at radius 1 is 1.28 bits per heavy atom. The highest BCUT2D eigenvalue weighted by atomic mass is 79.9. The van der Waals surface area contributed by atoms with Crippen LogP contribution in [0.1, 0.15) is 35.4 Å². The van der Waals surface area contributed by atoms with Gasteiger partial charge in [0.25, 0.3) is 0 Å². The fraction of sp³-hybridized carbons (Fsp3) is 0.333. The summed E-state index contributed by atoms with van der Waals surface area (Å²) < 4.78 is 1.04. The van der Waals surface area contributed by atoms with Crippen molar-refractivity contribution in [3.8, 4) is 0 Å². The SMILES string of the molecule is CCN(Cc1ccc(Br)s1)C(=O)C[C@H](NC(N)=O)c1ccccc1C. The van der Waals surface area contributed by atoms with Crippen LogP contribution in [0.2, 0.25) is 0 Å². The summed E-state index contributed by atoms with van der Waals surface area (Å²) in [5.74, 6) is -0.0194. The lowest BCUT2D eigenvalue weighted by molar-refractivity contribution is -0.132. The highest BCUT2D eigenvalue weighted by Gasteiger charge is 2.22. The molecule has 0 saturated heterocycles. The molecule has 2 aromatic rings. The summed E-state index contributed by atoms with van der Waals surface area (Å²) in [6.45, 7) is 5.06. The molecule has 0 unspecified atom stereocenters. The summed E-state index contributed by atoms with van der Waals surface area (Å²) in [6, 6.07) is 10.6. The molecular weight excluding hydrogens is 402 g/mol. The van der Waals surface area contributed by atoms with Crippen LogP contribution in [0, 0.1) is 6.92 Å². The number of amides is 3. The van der Waals surface area contributed by atoms with Crippen LogP contribution in [-0.2, 0) is 11.3 Å². The predicted octanol–water partition coefficient (Wildman–Crippen LogP) is 3.97. The molecule has 1 heterocycles. The molecule has 1 aromatic carbocycles. The van der Waals surface area contributed by atoms with E-state index >= 15 is 0 Å². The van der Waals surface area contributed by atoms with E-state index in [9.17, 15) is 9.59 Å². The molecule has 0 radical (unpaired) electrons. The van der Waals surface area contributed by atoms with E-state index in [1.54, 1.807) is 16.2 Å². The number of hydrogen-bond acceptors (Lipinski definition) is 3. The van der Waals surface area contributed by atoms with Crippen molar-refractivity contribution in [3.63, 3.8) is 0 Å². The molecule has 3 N–H and O–H groups in total. The molecular formula is C18H22BrN3O2S. The van der Waals surface area contributed by atoms with Gasteiger partial charge in [0.15, 0.2) is 0 Å². The first-order chi connectivity index (χ1) is 11.9. The van der Waals surface area contributed by atoms with Crippen LogP contribution in [0.15, 0.2) is 40.2 Å². The summed E-state index contributed by atoms with van der Waals surface area (Å²) in [5, 5.41) is 2.70. The first-order valence-electron chi connectivity index (χ1n) is 8.04. The molecule has 0 aliphatic carbocycles. The fourth-order valence-corrected chi connectivity index (χ4v) is 4.19. The van der Waals surface area contributed by atoms with E-state index < -0.39 is 12.1 Å². The number of nitrogens with one attached hydrogen (secondary N) is 1. The number of urea groups is 1. The number of halogens is 1. The summed E-state index contributed by atoms with van der Waals surface area (Å²) >= 11 is 5.05. The largest absolute Gasteiger partial charge is 0.352 e. The fourth-order valence-electron chi connectivity index (χ4n) is 2.69. The molecule has 1 atom stereocenters. The second-order valence-electron chi connectivity index (χ2n) is 5.74. The maximum absolute atomic E-state index is 12.8. The Balaban J connectivity index is 2.14. The van der Waals surface area contributed by atoms with Crippen LogP contribution in [0.3, 0.4) is 0 Å². The molecule has 0 spiro atoms. The van der Waals surface area contributed by atoms with E-state index in [0.29, 0.717) is 13.1 Å². The Morgan fingerprint density at radius 2 is 2.00 bits per heavy atom. The molecule has 1 aromatic heterocycles. The molecule has 7 heteroatoms. The zero-order valence-corrected chi connectivity index (χ0v) is 16.7. The number of nitrogens with zero attached hydrogens (tertiary/aromatic N) is 1. The van der Waals surface area contributed by atoms with Crippen molar-refractivity contribution in [2.24, 2.45) is 5.73 Å². The van der Waals surface area contributed by atoms with Crippen LogP contribution in [0.25, 0.3) is 0 Å². The molecule has 5 nitrogen and oxygen atoms in total. The highest BCUT2D eigenvalue weighted by molar-refractivity contribution is 9.11. The Hall–Kier alpha value is -1.86. The number of nitrogens with two attached hydrogens (primary N) is 1. The number of aryl methyl sites for hydroxylation is 1. The van der Waals surface area contributed by atoms with E-state index in [4.69, 9.17) is 5.73 Å². The van der Waals surface area contributed by atoms with E-state index in [0.717, 1.165) is 19.8 Å². The lowest BCUT2D eigenvalue weighted by atomic mass is 9.98. The second kappa shape index (κ2) is 9.01. The van der Waals surface area contributed by atoms with Crippen molar-refractivity contribution in [3.05, 3.63) is 56.2 Å². The van der Waals surface area contributed by atoms with Gasteiger partial charge in [-0.3, -0.25) is 4.79 Å². The number of carbonyl (C=O) groups excluding carboxylic acids is 2. The van der Waals surface area contributed by atoms with Crippen LogP contribution in [0.5, 0.6) is 0 Å². The first kappa shape index (κ1) is 19.5. The predicted molar refractivity (Wildman–Crippen MR) is 104 cm³/mol. The van der Waals surface area contributed by atoms with Gasteiger partial charge in [0.1, 0.15) is 0 Å². The first-order valence-corrected chi connectivity index (χ1v) is 9.65. The number of hydrogen-bond donors (Lipinski definition) is 2. The van der Waals surface area contributed by atoms with Gasteiger partial charge in [-0.2, -0.15) is 0 Å². The minimum absolute atomic E-state index is 0.0194. The normalized spacial score (nSPS) is 11.8. The zero-order chi connectivity index (χ0) is 18.4. The zero-order valence-electron chi connectivity index (χ0n) is 14.3. The van der Waals surface area contributed by atoms with Gasteiger partial charge in [0.05, 0.1) is 22.8 Å². The number of rotatable bonds is 7. The standard InChI is InChI=1S/C18H22BrN3O2S/c1-3-22(11-13-8-9-16(19)25-13)17(23)10-15(21-18(20)24)14-7-5-4-6-12(14)2/h4-9,15H,3,10-11H2,1-2H3,(H3,20,21,24)/t15-/m0/s1. The minimum Gasteiger partial charge on any atom is -0.352 e. The number of thiophene rings is 1. The van der Waals surface area contributed by atoms with Gasteiger partial charge in [0.2, 0.25) is 5.91 Å². The minimum atomic E-state index is -0.633. The topological polar surface area (TPSA) is 75.4 Å². The number of benzene rings is 1. The Labute approximate surface area is 160 Å². The molecule has 2 rings (SSSR count). The van der Waals surface area contributed by atoms with Crippen molar-refractivity contribution in [2.45, 2.75) is 32.9 Å². The summed E-state index contributed by atoms with van der Waals surface area (Å²) in [5.41, 5.74) is 7.23. The monoisotopic (exact) mass is 423 g/mol. The summed E-state index contributed by atoms with van der Waals surface area (Å²) in [4.78, 5) is 27.1. The molecule has 25 heavy (non-hydrogen) atoms. The van der Waals surface area contributed by atoms with Crippen molar-refractivity contribution in [1.82, 2.24) is 10.2 Å². The number of primary amides is 1. The van der Waals surface area contributed by atoms with Crippen LogP contribution in [0.4, 0.5) is 4.79 Å². The van der Waals surface area contributed by atoms with Crippen molar-refractivity contribution >= 4 is 39.2 Å². The van der Waals surface area contributed by atoms with Gasteiger partial charge in [0, 0.05) is 11.4 Å². The van der Waals surface area contributed by atoms with Crippen molar-refractivity contribution < 1.29 is 9.59 Å². The maximum atomic E-state index is 12.8. The van der Waals surface area contributed by atoms with Crippen molar-refractivity contribution in [2.75, 3.05) is 6.54 Å². The second-order valence-corrected chi connectivity index (χ2v) is 8.28. The van der Waals surface area contributed by atoms with Crippen LogP contribution >= 0.6 is 27.3 Å². The molecule has 0 aliphatic rings. The molecule has 0 fully saturated rings. The van der Waals surface area contributed by atoms with E-state index in [1.807, 2.05) is 50.2 Å². The molecule has 0 aliphatic heterocycles. The van der Waals surface area contributed by atoms with Crippen LogP contribution in [-0.4, -0.2) is 23.4 Å². The summed E-state index contributed by atoms with van der Waals surface area (Å²) in [7, 11) is 0. The molecule has 0 saturated carbocycles. The summed E-state index contributed by atoms with van der Waals surface area (Å²) in [6.07, 6.45) is 0.175. The molecule has 134 valence electrons. The highest BCUT2D eigenvalue weighted by Crippen LogP contribution is 2.25. The lowest BCUT2D eigenvalue weighted by Crippen LogP contribution is -2.38. The van der Waals surface area contributed by atoms with Gasteiger partial charge < -0.3 is 16.0 Å². The molecule has 0 bridgehead atoms. The third-order valence-electron chi connectivity index (χ3n) is 3.97. The maximum Gasteiger partial charge on any atom is 0.312 e. The quantitative estimate of drug-likeness (QED) is 0.706. The van der Waals surface area contributed by atoms with E-state index in [2.05, 4.69) is 21.2 Å². The van der Waals surface area contributed by atoms with E-state index in [-0.39, 0.29) is 12.3 Å². The van der Waals surface area contributed by atoms with Crippen molar-refractivity contribution in [1.29, 1.82) is 0 Å². The number of carbonyl (C=O) groups is 2. The average molecular weight is 424 g/mol. The average Bonchev–Trinajstić information content (AvgIpc) is 2.97. The van der Waals surface area contributed by atoms with Gasteiger partial charge in [-0.25, -0.2) is 4.79 Å². The van der Waals surface area contributed by atoms with Gasteiger partial charge in [-0.15, -0.1) is 11.3 Å². The van der Waals surface area contributed by atoms with Gasteiger partial charge in [-0.05, 0) is 53.0 Å². The Morgan fingerprint density at radius 3 is 2.56 bits per heavy atom. The van der Waals surface area contributed by atoms with Crippen LogP contribution < -0.4 is 11.1 Å². The van der Waals surface area contributed by atoms with Gasteiger partial charge >= 0.3 is 6.03 Å².